The number of hydrogen-bond donors (Lipinski definition) is 1. The molecule has 1 aliphatic heterocycles. The first-order valence-electron chi connectivity index (χ1n) is 10.2. The van der Waals surface area contributed by atoms with Crippen molar-refractivity contribution < 1.29 is 18.0 Å². The third-order valence-corrected chi connectivity index (χ3v) is 6.29. The first kappa shape index (κ1) is 22.2. The summed E-state index contributed by atoms with van der Waals surface area (Å²) in [5.74, 6) is 0.146. The van der Waals surface area contributed by atoms with E-state index in [1.807, 2.05) is 19.1 Å². The molecule has 4 rings (SSSR count). The minimum absolute atomic E-state index is 0.0776. The second-order valence-corrected chi connectivity index (χ2v) is 8.82. The molecule has 4 heterocycles. The molecule has 0 aliphatic carbocycles. The zero-order chi connectivity index (χ0) is 22.9. The predicted molar refractivity (Wildman–Crippen MR) is 113 cm³/mol. The van der Waals surface area contributed by atoms with Crippen molar-refractivity contribution in [3.05, 3.63) is 47.0 Å². The monoisotopic (exact) mass is 465 g/mol. The van der Waals surface area contributed by atoms with E-state index in [2.05, 4.69) is 32.5 Å². The summed E-state index contributed by atoms with van der Waals surface area (Å²) in [6.45, 7) is 4.71. The number of amides is 1. The second kappa shape index (κ2) is 8.85. The smallest absolute Gasteiger partial charge is 0.358 e. The predicted octanol–water partition coefficient (Wildman–Crippen LogP) is 3.80. The molecule has 0 saturated carbocycles. The van der Waals surface area contributed by atoms with Gasteiger partial charge in [0, 0.05) is 37.2 Å². The molecule has 0 aromatic carbocycles. The highest BCUT2D eigenvalue weighted by Gasteiger charge is 2.36. The lowest BCUT2D eigenvalue weighted by Gasteiger charge is -2.38. The highest BCUT2D eigenvalue weighted by atomic mass is 32.1. The van der Waals surface area contributed by atoms with Gasteiger partial charge in [0.1, 0.15) is 0 Å². The number of carbonyl (C=O) groups is 1. The van der Waals surface area contributed by atoms with Crippen LogP contribution in [0, 0.1) is 12.8 Å². The van der Waals surface area contributed by atoms with Crippen LogP contribution in [0.15, 0.2) is 30.6 Å². The fourth-order valence-corrected chi connectivity index (χ4v) is 4.38. The summed E-state index contributed by atoms with van der Waals surface area (Å²) in [5.41, 5.74) is 1.58. The Morgan fingerprint density at radius 1 is 1.31 bits per heavy atom. The van der Waals surface area contributed by atoms with E-state index in [-0.39, 0.29) is 23.6 Å². The number of halogens is 3. The second-order valence-electron chi connectivity index (χ2n) is 7.84. The Labute approximate surface area is 186 Å². The van der Waals surface area contributed by atoms with Crippen LogP contribution in [0.3, 0.4) is 0 Å². The van der Waals surface area contributed by atoms with Crippen LogP contribution in [0.25, 0.3) is 5.69 Å². The molecule has 1 fully saturated rings. The molecule has 0 spiro atoms. The minimum Gasteiger partial charge on any atom is -0.358 e. The van der Waals surface area contributed by atoms with Gasteiger partial charge in [-0.25, -0.2) is 9.67 Å². The van der Waals surface area contributed by atoms with E-state index in [4.69, 9.17) is 0 Å². The van der Waals surface area contributed by atoms with Crippen molar-refractivity contribution >= 4 is 22.4 Å². The summed E-state index contributed by atoms with van der Waals surface area (Å²) in [6, 6.07) is 5.17. The Morgan fingerprint density at radius 2 is 2.12 bits per heavy atom. The number of piperidine rings is 1. The molecule has 1 amide bonds. The van der Waals surface area contributed by atoms with Crippen molar-refractivity contribution in [2.24, 2.45) is 5.92 Å². The standard InChI is InChI=1S/C20H22F3N7OS/c1-12-6-9-29(14(10-12)11-24-19-28-27-18(32-19)20(21,22)23)17(31)16-15(5-4-13(2)26-16)30-8-3-7-25-30/h3-5,7-8,12,14H,6,9-11H2,1-2H3,(H,24,28)/t12-,14?/m0/s1. The van der Waals surface area contributed by atoms with Crippen molar-refractivity contribution in [2.75, 3.05) is 18.4 Å². The van der Waals surface area contributed by atoms with E-state index in [1.54, 1.807) is 28.0 Å². The summed E-state index contributed by atoms with van der Waals surface area (Å²) in [4.78, 5) is 19.8. The lowest BCUT2D eigenvalue weighted by Crippen LogP contribution is -2.49. The highest BCUT2D eigenvalue weighted by molar-refractivity contribution is 7.15. The number of hydrogen-bond acceptors (Lipinski definition) is 7. The number of nitrogens with one attached hydrogen (secondary N) is 1. The van der Waals surface area contributed by atoms with Crippen molar-refractivity contribution in [3.8, 4) is 5.69 Å². The van der Waals surface area contributed by atoms with E-state index in [1.165, 1.54) is 0 Å². The lowest BCUT2D eigenvalue weighted by molar-refractivity contribution is -0.138. The zero-order valence-electron chi connectivity index (χ0n) is 17.5. The third-order valence-electron chi connectivity index (χ3n) is 5.36. The first-order valence-corrected chi connectivity index (χ1v) is 11.0. The van der Waals surface area contributed by atoms with Gasteiger partial charge in [-0.15, -0.1) is 10.2 Å². The van der Waals surface area contributed by atoms with Crippen LogP contribution in [0.2, 0.25) is 0 Å². The van der Waals surface area contributed by atoms with Crippen LogP contribution in [0.4, 0.5) is 18.3 Å². The zero-order valence-corrected chi connectivity index (χ0v) is 18.3. The van der Waals surface area contributed by atoms with E-state index in [9.17, 15) is 18.0 Å². The molecule has 12 heteroatoms. The molecule has 1 unspecified atom stereocenters. The lowest BCUT2D eigenvalue weighted by atomic mass is 9.92. The molecule has 170 valence electrons. The van der Waals surface area contributed by atoms with Crippen LogP contribution in [-0.2, 0) is 6.18 Å². The first-order chi connectivity index (χ1) is 15.2. The van der Waals surface area contributed by atoms with Crippen LogP contribution in [0.5, 0.6) is 0 Å². The molecule has 32 heavy (non-hydrogen) atoms. The van der Waals surface area contributed by atoms with Gasteiger partial charge in [0.05, 0.1) is 5.69 Å². The Kier molecular flexibility index (Phi) is 6.13. The van der Waals surface area contributed by atoms with Crippen molar-refractivity contribution in [3.63, 3.8) is 0 Å². The highest BCUT2D eigenvalue weighted by Crippen LogP contribution is 2.33. The number of aryl methyl sites for hydroxylation is 1. The maximum absolute atomic E-state index is 13.6. The maximum atomic E-state index is 13.6. The summed E-state index contributed by atoms with van der Waals surface area (Å²) in [5, 5.41) is 13.0. The van der Waals surface area contributed by atoms with E-state index >= 15 is 0 Å². The van der Waals surface area contributed by atoms with Crippen molar-refractivity contribution in [1.82, 2.24) is 29.9 Å². The number of rotatable bonds is 5. The fourth-order valence-electron chi connectivity index (χ4n) is 3.77. The fraction of sp³-hybridized carbons (Fsp3) is 0.450. The van der Waals surface area contributed by atoms with Gasteiger partial charge in [0.2, 0.25) is 10.1 Å². The maximum Gasteiger partial charge on any atom is 0.445 e. The molecule has 1 saturated heterocycles. The van der Waals surface area contributed by atoms with Gasteiger partial charge in [-0.3, -0.25) is 4.79 Å². The van der Waals surface area contributed by atoms with E-state index in [0.29, 0.717) is 47.3 Å². The van der Waals surface area contributed by atoms with Crippen molar-refractivity contribution in [2.45, 2.75) is 38.9 Å². The topological polar surface area (TPSA) is 88.8 Å². The molecule has 1 aliphatic rings. The Morgan fingerprint density at radius 3 is 2.81 bits per heavy atom. The van der Waals surface area contributed by atoms with Gasteiger partial charge in [0.25, 0.3) is 5.91 Å². The number of nitrogens with zero attached hydrogens (tertiary/aromatic N) is 6. The van der Waals surface area contributed by atoms with Crippen LogP contribution >= 0.6 is 11.3 Å². The molecule has 3 aromatic heterocycles. The Bertz CT molecular complexity index is 1080. The average molecular weight is 466 g/mol. The number of pyridine rings is 1. The Hall–Kier alpha value is -3.02. The van der Waals surface area contributed by atoms with E-state index in [0.717, 1.165) is 6.42 Å². The quantitative estimate of drug-likeness (QED) is 0.617. The number of alkyl halides is 3. The van der Waals surface area contributed by atoms with Gasteiger partial charge in [0.15, 0.2) is 5.69 Å². The van der Waals surface area contributed by atoms with Gasteiger partial charge < -0.3 is 10.2 Å². The largest absolute Gasteiger partial charge is 0.445 e. The summed E-state index contributed by atoms with van der Waals surface area (Å²) in [6.07, 6.45) is 0.391. The molecular weight excluding hydrogens is 443 g/mol. The van der Waals surface area contributed by atoms with Crippen molar-refractivity contribution in [1.29, 1.82) is 0 Å². The third kappa shape index (κ3) is 4.74. The molecular formula is C20H22F3N7OS. The number of carbonyl (C=O) groups excluding carboxylic acids is 1. The molecule has 1 N–H and O–H groups in total. The van der Waals surface area contributed by atoms with Crippen LogP contribution < -0.4 is 5.32 Å². The summed E-state index contributed by atoms with van der Waals surface area (Å²) < 4.78 is 40.0. The SMILES string of the molecule is Cc1ccc(-n2cccn2)c(C(=O)N2CC[C@H](C)CC2CNc2nnc(C(F)(F)F)s2)n1. The average Bonchev–Trinajstić information content (AvgIpc) is 3.44. The van der Waals surface area contributed by atoms with Gasteiger partial charge in [-0.1, -0.05) is 18.3 Å². The number of likely N-dealkylation sites (tertiary alicyclic amines) is 1. The molecule has 0 radical (unpaired) electrons. The molecule has 8 nitrogen and oxygen atoms in total. The van der Waals surface area contributed by atoms with Gasteiger partial charge in [-0.05, 0) is 43.9 Å². The molecule has 2 atom stereocenters. The van der Waals surface area contributed by atoms with E-state index < -0.39 is 11.2 Å². The van der Waals surface area contributed by atoms with Crippen LogP contribution in [-0.4, -0.2) is 54.9 Å². The van der Waals surface area contributed by atoms with Gasteiger partial charge in [-0.2, -0.15) is 18.3 Å². The molecule has 3 aromatic rings. The number of anilines is 1. The Balaban J connectivity index is 1.56. The van der Waals surface area contributed by atoms with Gasteiger partial charge >= 0.3 is 6.18 Å². The normalized spacial score (nSPS) is 19.2. The minimum atomic E-state index is -4.53. The number of aromatic nitrogens is 5. The summed E-state index contributed by atoms with van der Waals surface area (Å²) in [7, 11) is 0. The van der Waals surface area contributed by atoms with Crippen LogP contribution in [0.1, 0.15) is 41.0 Å². The summed E-state index contributed by atoms with van der Waals surface area (Å²) >= 11 is 0.452. The molecule has 0 bridgehead atoms.